The summed E-state index contributed by atoms with van der Waals surface area (Å²) < 4.78 is 11.1. The SMILES string of the molecule is Cc1cc(-c2ccco2)c(C#N)c(OCc2ccc(C(=O)[O-])cc2)n1. The third-order valence-electron chi connectivity index (χ3n) is 3.58. The molecule has 0 aliphatic rings. The first kappa shape index (κ1) is 16.3. The van der Waals surface area contributed by atoms with E-state index in [2.05, 4.69) is 11.1 Å². The van der Waals surface area contributed by atoms with Crippen LogP contribution in [0.4, 0.5) is 0 Å². The van der Waals surface area contributed by atoms with Gasteiger partial charge in [0.15, 0.2) is 0 Å². The van der Waals surface area contributed by atoms with Crippen LogP contribution in [0.25, 0.3) is 11.3 Å². The number of ether oxygens (including phenoxy) is 1. The topological polar surface area (TPSA) is 99.2 Å². The average Bonchev–Trinajstić information content (AvgIpc) is 3.14. The molecule has 0 amide bonds. The Labute approximate surface area is 143 Å². The molecule has 0 atom stereocenters. The molecule has 0 unspecified atom stereocenters. The third-order valence-corrected chi connectivity index (χ3v) is 3.58. The fourth-order valence-corrected chi connectivity index (χ4v) is 2.37. The maximum Gasteiger partial charge on any atom is 0.233 e. The number of furan rings is 1. The second kappa shape index (κ2) is 6.89. The van der Waals surface area contributed by atoms with Gasteiger partial charge < -0.3 is 19.1 Å². The van der Waals surface area contributed by atoms with Crippen molar-refractivity contribution in [3.63, 3.8) is 0 Å². The summed E-state index contributed by atoms with van der Waals surface area (Å²) in [6.45, 7) is 1.95. The van der Waals surface area contributed by atoms with Crippen LogP contribution in [0, 0.1) is 18.3 Å². The molecule has 0 saturated heterocycles. The fourth-order valence-electron chi connectivity index (χ4n) is 2.37. The highest BCUT2D eigenvalue weighted by molar-refractivity contribution is 5.85. The summed E-state index contributed by atoms with van der Waals surface area (Å²) in [5, 5.41) is 20.3. The number of pyridine rings is 1. The van der Waals surface area contributed by atoms with E-state index >= 15 is 0 Å². The van der Waals surface area contributed by atoms with Gasteiger partial charge in [-0.2, -0.15) is 5.26 Å². The van der Waals surface area contributed by atoms with Gasteiger partial charge in [0.1, 0.15) is 24.0 Å². The molecule has 6 nitrogen and oxygen atoms in total. The van der Waals surface area contributed by atoms with E-state index < -0.39 is 5.97 Å². The lowest BCUT2D eigenvalue weighted by molar-refractivity contribution is -0.255. The number of hydrogen-bond donors (Lipinski definition) is 0. The zero-order valence-corrected chi connectivity index (χ0v) is 13.4. The summed E-state index contributed by atoms with van der Waals surface area (Å²) >= 11 is 0. The highest BCUT2D eigenvalue weighted by Crippen LogP contribution is 2.30. The smallest absolute Gasteiger partial charge is 0.233 e. The maximum absolute atomic E-state index is 10.8. The Morgan fingerprint density at radius 1 is 1.32 bits per heavy atom. The van der Waals surface area contributed by atoms with Crippen molar-refractivity contribution in [2.24, 2.45) is 0 Å². The molecule has 0 spiro atoms. The third kappa shape index (κ3) is 3.51. The molecule has 0 aliphatic carbocycles. The number of aryl methyl sites for hydroxylation is 1. The van der Waals surface area contributed by atoms with Gasteiger partial charge in [0, 0.05) is 11.3 Å². The van der Waals surface area contributed by atoms with E-state index in [1.165, 1.54) is 18.4 Å². The summed E-state index contributed by atoms with van der Waals surface area (Å²) in [5.41, 5.74) is 2.42. The van der Waals surface area contributed by atoms with Crippen molar-refractivity contribution in [3.8, 4) is 23.3 Å². The van der Waals surface area contributed by atoms with Crippen LogP contribution in [0.5, 0.6) is 5.88 Å². The fraction of sp³-hybridized carbons (Fsp3) is 0.105. The molecule has 0 radical (unpaired) electrons. The zero-order valence-electron chi connectivity index (χ0n) is 13.4. The molecule has 0 aliphatic heterocycles. The van der Waals surface area contributed by atoms with Crippen molar-refractivity contribution in [1.29, 1.82) is 5.26 Å². The highest BCUT2D eigenvalue weighted by Gasteiger charge is 2.16. The Balaban J connectivity index is 1.87. The Morgan fingerprint density at radius 3 is 2.68 bits per heavy atom. The number of rotatable bonds is 5. The van der Waals surface area contributed by atoms with Crippen LogP contribution in [-0.2, 0) is 6.61 Å². The van der Waals surface area contributed by atoms with Crippen molar-refractivity contribution in [1.82, 2.24) is 4.98 Å². The number of hydrogen-bond acceptors (Lipinski definition) is 6. The van der Waals surface area contributed by atoms with Crippen molar-refractivity contribution in [3.05, 3.63) is 71.1 Å². The first-order valence-corrected chi connectivity index (χ1v) is 7.47. The van der Waals surface area contributed by atoms with Crippen LogP contribution >= 0.6 is 0 Å². The number of carboxylic acids is 1. The van der Waals surface area contributed by atoms with Crippen molar-refractivity contribution in [2.75, 3.05) is 0 Å². The van der Waals surface area contributed by atoms with Gasteiger partial charge in [0.2, 0.25) is 5.88 Å². The number of carbonyl (C=O) groups excluding carboxylic acids is 1. The highest BCUT2D eigenvalue weighted by atomic mass is 16.5. The van der Waals surface area contributed by atoms with Gasteiger partial charge in [-0.1, -0.05) is 24.3 Å². The molecule has 124 valence electrons. The standard InChI is InChI=1S/C19H14N2O4/c1-12-9-15(17-3-2-8-24-17)16(10-20)18(21-12)25-11-13-4-6-14(7-5-13)19(22)23/h2-9H,11H2,1H3,(H,22,23)/p-1. The molecule has 0 fully saturated rings. The second-order valence-electron chi connectivity index (χ2n) is 5.35. The lowest BCUT2D eigenvalue weighted by Gasteiger charge is -2.11. The number of nitrogens with zero attached hydrogens (tertiary/aromatic N) is 2. The van der Waals surface area contributed by atoms with Crippen molar-refractivity contribution in [2.45, 2.75) is 13.5 Å². The Bertz CT molecular complexity index is 939. The maximum atomic E-state index is 10.8. The van der Waals surface area contributed by atoms with E-state index in [9.17, 15) is 15.2 Å². The molecule has 1 aromatic carbocycles. The Kier molecular flexibility index (Phi) is 4.48. The van der Waals surface area contributed by atoms with Gasteiger partial charge in [-0.25, -0.2) is 4.98 Å². The quantitative estimate of drug-likeness (QED) is 0.711. The Hall–Kier alpha value is -3.59. The van der Waals surface area contributed by atoms with Gasteiger partial charge in [-0.05, 0) is 36.2 Å². The Morgan fingerprint density at radius 2 is 2.08 bits per heavy atom. The average molecular weight is 333 g/mol. The number of aromatic carboxylic acids is 1. The van der Waals surface area contributed by atoms with E-state index in [-0.39, 0.29) is 23.6 Å². The molecular weight excluding hydrogens is 320 g/mol. The number of nitriles is 1. The van der Waals surface area contributed by atoms with E-state index in [0.29, 0.717) is 17.0 Å². The summed E-state index contributed by atoms with van der Waals surface area (Å²) in [7, 11) is 0. The van der Waals surface area contributed by atoms with Crippen LogP contribution in [0.15, 0.2) is 53.1 Å². The molecule has 2 aromatic heterocycles. The number of carboxylic acid groups (broad SMARTS) is 1. The van der Waals surface area contributed by atoms with Gasteiger partial charge in [0.05, 0.1) is 12.2 Å². The molecule has 0 bridgehead atoms. The minimum atomic E-state index is -1.23. The predicted molar refractivity (Wildman–Crippen MR) is 86.5 cm³/mol. The van der Waals surface area contributed by atoms with Crippen LogP contribution < -0.4 is 9.84 Å². The molecule has 3 aromatic rings. The summed E-state index contributed by atoms with van der Waals surface area (Å²) in [6.07, 6.45) is 1.53. The first-order chi connectivity index (χ1) is 12.1. The lowest BCUT2D eigenvalue weighted by atomic mass is 10.1. The van der Waals surface area contributed by atoms with E-state index in [1.54, 1.807) is 37.3 Å². The minimum Gasteiger partial charge on any atom is -0.545 e. The van der Waals surface area contributed by atoms with E-state index in [1.807, 2.05) is 0 Å². The molecule has 3 rings (SSSR count). The normalized spacial score (nSPS) is 10.2. The van der Waals surface area contributed by atoms with Gasteiger partial charge in [-0.3, -0.25) is 0 Å². The predicted octanol–water partition coefficient (Wildman–Crippen LogP) is 2.46. The monoisotopic (exact) mass is 333 g/mol. The number of carbonyl (C=O) groups is 1. The molecule has 25 heavy (non-hydrogen) atoms. The van der Waals surface area contributed by atoms with Crippen LogP contribution in [0.2, 0.25) is 0 Å². The largest absolute Gasteiger partial charge is 0.545 e. The first-order valence-electron chi connectivity index (χ1n) is 7.47. The van der Waals surface area contributed by atoms with Gasteiger partial charge in [0.25, 0.3) is 0 Å². The van der Waals surface area contributed by atoms with Gasteiger partial charge >= 0.3 is 0 Å². The molecule has 0 N–H and O–H groups in total. The minimum absolute atomic E-state index is 0.0928. The van der Waals surface area contributed by atoms with Crippen molar-refractivity contribution >= 4 is 5.97 Å². The second-order valence-corrected chi connectivity index (χ2v) is 5.35. The number of aromatic nitrogens is 1. The van der Waals surface area contributed by atoms with E-state index in [0.717, 1.165) is 5.56 Å². The summed E-state index contributed by atoms with van der Waals surface area (Å²) in [4.78, 5) is 15.1. The van der Waals surface area contributed by atoms with Gasteiger partial charge in [-0.15, -0.1) is 0 Å². The summed E-state index contributed by atoms with van der Waals surface area (Å²) in [6, 6.07) is 13.5. The van der Waals surface area contributed by atoms with E-state index in [4.69, 9.17) is 9.15 Å². The number of benzene rings is 1. The molecular formula is C19H13N2O4-. The molecule has 2 heterocycles. The molecule has 6 heteroatoms. The lowest BCUT2D eigenvalue weighted by Crippen LogP contribution is -2.22. The van der Waals surface area contributed by atoms with Crippen molar-refractivity contribution < 1.29 is 19.1 Å². The van der Waals surface area contributed by atoms with Crippen LogP contribution in [0.1, 0.15) is 27.2 Å². The zero-order chi connectivity index (χ0) is 17.8. The van der Waals surface area contributed by atoms with Crippen LogP contribution in [0.3, 0.4) is 0 Å². The summed E-state index contributed by atoms with van der Waals surface area (Å²) in [5.74, 6) is -0.467. The molecule has 0 saturated carbocycles. The van der Waals surface area contributed by atoms with Crippen LogP contribution in [-0.4, -0.2) is 11.0 Å².